The third kappa shape index (κ3) is 3.42. The molecule has 1 rings (SSSR count). The van der Waals surface area contributed by atoms with Gasteiger partial charge in [0.2, 0.25) is 5.91 Å². The number of carbonyl (C=O) groups excluding carboxylic acids is 1. The first-order chi connectivity index (χ1) is 7.69. The standard InChI is InChI=1S/C13H26N2O2/c1-6-7-11(16)14-10-8-12(2,3)15(17)13(4,5)9-10/h10,17H,6-9H2,1-5H3,(H,14,16). The second-order valence-electron chi connectivity index (χ2n) is 6.36. The van der Waals surface area contributed by atoms with Crippen molar-refractivity contribution in [3.05, 3.63) is 0 Å². The van der Waals surface area contributed by atoms with Crippen LogP contribution in [0.2, 0.25) is 0 Å². The summed E-state index contributed by atoms with van der Waals surface area (Å²) in [4.78, 5) is 11.6. The lowest BCUT2D eigenvalue weighted by molar-refractivity contribution is -0.246. The van der Waals surface area contributed by atoms with E-state index in [1.807, 2.05) is 34.6 Å². The maximum Gasteiger partial charge on any atom is 0.220 e. The molecule has 1 fully saturated rings. The van der Waals surface area contributed by atoms with Gasteiger partial charge in [0.25, 0.3) is 0 Å². The molecule has 1 aliphatic rings. The highest BCUT2D eigenvalue weighted by atomic mass is 16.5. The van der Waals surface area contributed by atoms with E-state index in [-0.39, 0.29) is 23.0 Å². The van der Waals surface area contributed by atoms with Crippen molar-refractivity contribution >= 4 is 5.91 Å². The summed E-state index contributed by atoms with van der Waals surface area (Å²) in [7, 11) is 0. The molecule has 4 nitrogen and oxygen atoms in total. The van der Waals surface area contributed by atoms with E-state index in [2.05, 4.69) is 5.32 Å². The minimum atomic E-state index is -0.300. The van der Waals surface area contributed by atoms with Crippen LogP contribution in [0, 0.1) is 0 Å². The molecular weight excluding hydrogens is 216 g/mol. The lowest BCUT2D eigenvalue weighted by Crippen LogP contribution is -2.62. The molecule has 0 saturated carbocycles. The summed E-state index contributed by atoms with van der Waals surface area (Å²) < 4.78 is 0. The fraction of sp³-hybridized carbons (Fsp3) is 0.923. The smallest absolute Gasteiger partial charge is 0.220 e. The first-order valence-corrected chi connectivity index (χ1v) is 6.47. The topological polar surface area (TPSA) is 52.6 Å². The summed E-state index contributed by atoms with van der Waals surface area (Å²) >= 11 is 0. The average molecular weight is 242 g/mol. The van der Waals surface area contributed by atoms with Gasteiger partial charge in [0.1, 0.15) is 0 Å². The Labute approximate surface area is 104 Å². The number of carbonyl (C=O) groups is 1. The third-order valence-electron chi connectivity index (χ3n) is 3.48. The predicted octanol–water partition coefficient (Wildman–Crippen LogP) is 2.31. The quantitative estimate of drug-likeness (QED) is 0.798. The van der Waals surface area contributed by atoms with Crippen molar-refractivity contribution in [2.24, 2.45) is 0 Å². The fourth-order valence-electron chi connectivity index (χ4n) is 2.90. The van der Waals surface area contributed by atoms with Crippen LogP contribution in [0.25, 0.3) is 0 Å². The van der Waals surface area contributed by atoms with Gasteiger partial charge in [0.15, 0.2) is 0 Å². The number of rotatable bonds is 3. The molecule has 0 bridgehead atoms. The molecule has 0 atom stereocenters. The Hall–Kier alpha value is -0.610. The van der Waals surface area contributed by atoms with E-state index in [4.69, 9.17) is 0 Å². The van der Waals surface area contributed by atoms with Crippen LogP contribution in [0.4, 0.5) is 0 Å². The first kappa shape index (κ1) is 14.5. The Morgan fingerprint density at radius 3 is 2.18 bits per heavy atom. The van der Waals surface area contributed by atoms with Crippen LogP contribution in [0.5, 0.6) is 0 Å². The number of hydroxylamine groups is 2. The number of hydrogen-bond donors (Lipinski definition) is 2. The van der Waals surface area contributed by atoms with Crippen LogP contribution in [0.15, 0.2) is 0 Å². The predicted molar refractivity (Wildman–Crippen MR) is 67.9 cm³/mol. The lowest BCUT2D eigenvalue weighted by Gasteiger charge is -2.51. The highest BCUT2D eigenvalue weighted by Crippen LogP contribution is 2.36. The number of amides is 1. The summed E-state index contributed by atoms with van der Waals surface area (Å²) in [5.41, 5.74) is -0.599. The molecule has 1 heterocycles. The zero-order valence-electron chi connectivity index (χ0n) is 11.7. The number of nitrogens with zero attached hydrogens (tertiary/aromatic N) is 1. The van der Waals surface area contributed by atoms with Crippen LogP contribution in [0.3, 0.4) is 0 Å². The second-order valence-corrected chi connectivity index (χ2v) is 6.36. The number of piperidine rings is 1. The van der Waals surface area contributed by atoms with E-state index < -0.39 is 0 Å². The molecule has 0 aromatic heterocycles. The zero-order chi connectivity index (χ0) is 13.3. The van der Waals surface area contributed by atoms with Crippen molar-refractivity contribution in [1.82, 2.24) is 10.4 Å². The normalized spacial score (nSPS) is 24.6. The Morgan fingerprint density at radius 2 is 1.76 bits per heavy atom. The monoisotopic (exact) mass is 242 g/mol. The molecule has 0 unspecified atom stereocenters. The minimum Gasteiger partial charge on any atom is -0.353 e. The molecule has 0 aromatic carbocycles. The molecule has 100 valence electrons. The van der Waals surface area contributed by atoms with Crippen LogP contribution >= 0.6 is 0 Å². The summed E-state index contributed by atoms with van der Waals surface area (Å²) in [6.45, 7) is 10.0. The molecule has 1 saturated heterocycles. The van der Waals surface area contributed by atoms with Crippen LogP contribution in [-0.4, -0.2) is 33.3 Å². The van der Waals surface area contributed by atoms with Crippen LogP contribution < -0.4 is 5.32 Å². The summed E-state index contributed by atoms with van der Waals surface area (Å²) in [5.74, 6) is 0.121. The van der Waals surface area contributed by atoms with Gasteiger partial charge >= 0.3 is 0 Å². The summed E-state index contributed by atoms with van der Waals surface area (Å²) in [6.07, 6.45) is 3.02. The Balaban J connectivity index is 2.68. The van der Waals surface area contributed by atoms with Crippen molar-refractivity contribution in [3.8, 4) is 0 Å². The van der Waals surface area contributed by atoms with Gasteiger partial charge in [-0.05, 0) is 47.0 Å². The molecule has 17 heavy (non-hydrogen) atoms. The molecule has 1 amide bonds. The van der Waals surface area contributed by atoms with Crippen LogP contribution in [0.1, 0.15) is 60.3 Å². The first-order valence-electron chi connectivity index (χ1n) is 6.47. The van der Waals surface area contributed by atoms with Gasteiger partial charge in [-0.2, -0.15) is 5.06 Å². The highest BCUT2D eigenvalue weighted by molar-refractivity contribution is 5.76. The molecule has 1 aliphatic heterocycles. The van der Waals surface area contributed by atoms with Crippen molar-refractivity contribution in [3.63, 3.8) is 0 Å². The van der Waals surface area contributed by atoms with Gasteiger partial charge < -0.3 is 10.5 Å². The highest BCUT2D eigenvalue weighted by Gasteiger charge is 2.45. The Kier molecular flexibility index (Phi) is 4.20. The average Bonchev–Trinajstić information content (AvgIpc) is 2.13. The Morgan fingerprint density at radius 1 is 1.29 bits per heavy atom. The van der Waals surface area contributed by atoms with E-state index in [1.54, 1.807) is 0 Å². The molecule has 2 N–H and O–H groups in total. The van der Waals surface area contributed by atoms with Gasteiger partial charge in [0.05, 0.1) is 0 Å². The maximum atomic E-state index is 11.6. The SMILES string of the molecule is CCCC(=O)NC1CC(C)(C)N(O)C(C)(C)C1. The molecule has 0 radical (unpaired) electrons. The number of nitrogens with one attached hydrogen (secondary N) is 1. The van der Waals surface area contributed by atoms with Gasteiger partial charge in [-0.25, -0.2) is 0 Å². The minimum absolute atomic E-state index is 0.121. The largest absolute Gasteiger partial charge is 0.353 e. The molecule has 0 aliphatic carbocycles. The van der Waals surface area contributed by atoms with Gasteiger partial charge in [-0.15, -0.1) is 0 Å². The molecular formula is C13H26N2O2. The third-order valence-corrected chi connectivity index (χ3v) is 3.48. The van der Waals surface area contributed by atoms with Gasteiger partial charge in [-0.1, -0.05) is 6.92 Å². The summed E-state index contributed by atoms with van der Waals surface area (Å²) in [5, 5.41) is 14.6. The van der Waals surface area contributed by atoms with E-state index in [9.17, 15) is 10.0 Å². The zero-order valence-corrected chi connectivity index (χ0v) is 11.7. The van der Waals surface area contributed by atoms with E-state index in [1.165, 1.54) is 5.06 Å². The van der Waals surface area contributed by atoms with Gasteiger partial charge in [-0.3, -0.25) is 4.79 Å². The van der Waals surface area contributed by atoms with E-state index >= 15 is 0 Å². The maximum absolute atomic E-state index is 11.6. The van der Waals surface area contributed by atoms with Crippen LogP contribution in [-0.2, 0) is 4.79 Å². The lowest BCUT2D eigenvalue weighted by atomic mass is 9.79. The molecule has 0 aromatic rings. The van der Waals surface area contributed by atoms with Crippen molar-refractivity contribution in [2.45, 2.75) is 77.4 Å². The Bertz CT molecular complexity index is 269. The fourth-order valence-corrected chi connectivity index (χ4v) is 2.90. The van der Waals surface area contributed by atoms with Crippen molar-refractivity contribution < 1.29 is 10.0 Å². The second kappa shape index (κ2) is 4.94. The van der Waals surface area contributed by atoms with E-state index in [0.717, 1.165) is 19.3 Å². The van der Waals surface area contributed by atoms with Crippen molar-refractivity contribution in [2.75, 3.05) is 0 Å². The number of hydrogen-bond acceptors (Lipinski definition) is 3. The summed E-state index contributed by atoms with van der Waals surface area (Å²) in [6, 6.07) is 0.155. The molecule has 0 spiro atoms. The van der Waals surface area contributed by atoms with E-state index in [0.29, 0.717) is 6.42 Å². The van der Waals surface area contributed by atoms with Crippen molar-refractivity contribution in [1.29, 1.82) is 0 Å². The van der Waals surface area contributed by atoms with Gasteiger partial charge in [0, 0.05) is 23.5 Å². The molecule has 4 heteroatoms.